The summed E-state index contributed by atoms with van der Waals surface area (Å²) < 4.78 is 0. The summed E-state index contributed by atoms with van der Waals surface area (Å²) in [6.45, 7) is 14.6. The van der Waals surface area contributed by atoms with Gasteiger partial charge in [0, 0.05) is 49.1 Å². The van der Waals surface area contributed by atoms with Gasteiger partial charge in [0.1, 0.15) is 5.69 Å². The predicted octanol–water partition coefficient (Wildman–Crippen LogP) is 8.90. The smallest absolute Gasteiger partial charge is 0.116 e. The highest BCUT2D eigenvalue weighted by Crippen LogP contribution is 2.38. The topological polar surface area (TPSA) is 82.3 Å². The van der Waals surface area contributed by atoms with Crippen LogP contribution in [0.15, 0.2) is 86.0 Å². The van der Waals surface area contributed by atoms with Crippen LogP contribution in [0, 0.1) is 5.92 Å². The van der Waals surface area contributed by atoms with Gasteiger partial charge in [0.25, 0.3) is 0 Å². The number of rotatable bonds is 8. The Bertz CT molecular complexity index is 1850. The van der Waals surface area contributed by atoms with Crippen molar-refractivity contribution in [2.24, 2.45) is 5.92 Å². The van der Waals surface area contributed by atoms with E-state index < -0.39 is 0 Å². The Hall–Kier alpha value is -4.49. The molecule has 39 heavy (non-hydrogen) atoms. The van der Waals surface area contributed by atoms with Crippen LogP contribution in [0.4, 0.5) is 5.69 Å². The highest BCUT2D eigenvalue weighted by Gasteiger charge is 2.16. The summed E-state index contributed by atoms with van der Waals surface area (Å²) in [7, 11) is 0. The Morgan fingerprint density at radius 3 is 2.67 bits per heavy atom. The molecule has 0 radical (unpaired) electrons. The van der Waals surface area contributed by atoms with Gasteiger partial charge in [-0.15, -0.1) is 11.3 Å². The van der Waals surface area contributed by atoms with Gasteiger partial charge in [-0.1, -0.05) is 39.1 Å². The quantitative estimate of drug-likeness (QED) is 0.183. The van der Waals surface area contributed by atoms with Crippen LogP contribution in [-0.2, 0) is 0 Å². The molecule has 0 saturated carbocycles. The maximum atomic E-state index is 4.69. The van der Waals surface area contributed by atoms with Gasteiger partial charge in [0.05, 0.1) is 35.0 Å². The first kappa shape index (κ1) is 24.8. The summed E-state index contributed by atoms with van der Waals surface area (Å²) in [6.07, 6.45) is 6.38. The molecule has 5 heterocycles. The SMILES string of the molecule is C=C(CC(C)C)Nc1cncc(-c2cc3c(-c4cc5c(-c6ccc(C(=C)C)s6)cccc5[nH]4)n[nH]c3cn2)c1. The van der Waals surface area contributed by atoms with Crippen molar-refractivity contribution in [1.29, 1.82) is 0 Å². The minimum atomic E-state index is 0.532. The summed E-state index contributed by atoms with van der Waals surface area (Å²) in [5, 5.41) is 13.4. The number of H-pyrrole nitrogens is 2. The first-order valence-corrected chi connectivity index (χ1v) is 13.8. The van der Waals surface area contributed by atoms with Crippen LogP contribution in [0.1, 0.15) is 32.1 Å². The number of allylic oxidation sites excluding steroid dienone is 2. The molecule has 6 nitrogen and oxygen atoms in total. The van der Waals surface area contributed by atoms with Crippen molar-refractivity contribution in [2.45, 2.75) is 27.2 Å². The molecule has 0 aliphatic rings. The van der Waals surface area contributed by atoms with Crippen LogP contribution >= 0.6 is 11.3 Å². The van der Waals surface area contributed by atoms with Gasteiger partial charge in [-0.2, -0.15) is 5.10 Å². The summed E-state index contributed by atoms with van der Waals surface area (Å²) >= 11 is 1.77. The zero-order chi connectivity index (χ0) is 27.1. The molecule has 0 amide bonds. The molecule has 1 aromatic carbocycles. The number of pyridine rings is 2. The summed E-state index contributed by atoms with van der Waals surface area (Å²) in [4.78, 5) is 15.1. The molecule has 6 aromatic rings. The molecule has 194 valence electrons. The summed E-state index contributed by atoms with van der Waals surface area (Å²) in [6, 6.07) is 17.0. The molecule has 0 unspecified atom stereocenters. The largest absolute Gasteiger partial charge is 0.358 e. The molecule has 5 aromatic heterocycles. The number of aromatic amines is 2. The summed E-state index contributed by atoms with van der Waals surface area (Å²) in [5.74, 6) is 0.532. The predicted molar refractivity (Wildman–Crippen MR) is 165 cm³/mol. The first-order chi connectivity index (χ1) is 18.9. The highest BCUT2D eigenvalue weighted by atomic mass is 32.1. The van der Waals surface area contributed by atoms with Crippen molar-refractivity contribution < 1.29 is 0 Å². The summed E-state index contributed by atoms with van der Waals surface area (Å²) in [5.41, 5.74) is 9.68. The third-order valence-corrected chi connectivity index (χ3v) is 7.95. The van der Waals surface area contributed by atoms with E-state index in [4.69, 9.17) is 0 Å². The van der Waals surface area contributed by atoms with Gasteiger partial charge >= 0.3 is 0 Å². The van der Waals surface area contributed by atoms with E-state index in [1.807, 2.05) is 25.5 Å². The standard InChI is InChI=1S/C32H30N6S/c1-18(2)11-20(5)35-22-12-21(15-33-16-22)27-14-25-29(17-34-27)37-38-32(25)28-13-24-23(7-6-8-26(24)36-28)31-10-9-30(39-31)19(3)4/h6-10,12-18,35-36H,3,5,11H2,1-2,4H3,(H,37,38). The molecule has 0 aliphatic carbocycles. The van der Waals surface area contributed by atoms with Crippen molar-refractivity contribution in [2.75, 3.05) is 5.32 Å². The van der Waals surface area contributed by atoms with E-state index in [2.05, 4.69) is 106 Å². The van der Waals surface area contributed by atoms with Gasteiger partial charge < -0.3 is 10.3 Å². The molecule has 0 atom stereocenters. The third kappa shape index (κ3) is 4.89. The van der Waals surface area contributed by atoms with Gasteiger partial charge in [-0.3, -0.25) is 15.1 Å². The second kappa shape index (κ2) is 10.0. The molecule has 6 rings (SSSR count). The number of nitrogens with one attached hydrogen (secondary N) is 3. The lowest BCUT2D eigenvalue weighted by Crippen LogP contribution is -2.02. The Kier molecular flexibility index (Phi) is 6.37. The minimum Gasteiger partial charge on any atom is -0.358 e. The number of fused-ring (bicyclic) bond motifs is 2. The van der Waals surface area contributed by atoms with Crippen molar-refractivity contribution in [3.05, 3.63) is 90.9 Å². The average Bonchev–Trinajstić information content (AvgIpc) is 3.65. The fourth-order valence-electron chi connectivity index (χ4n) is 4.89. The van der Waals surface area contributed by atoms with Gasteiger partial charge in [0.15, 0.2) is 0 Å². The number of nitrogens with zero attached hydrogens (tertiary/aromatic N) is 3. The van der Waals surface area contributed by atoms with Gasteiger partial charge in [-0.25, -0.2) is 0 Å². The molecule has 0 spiro atoms. The van der Waals surface area contributed by atoms with Crippen LogP contribution in [0.2, 0.25) is 0 Å². The normalized spacial score (nSPS) is 11.5. The third-order valence-electron chi connectivity index (χ3n) is 6.67. The zero-order valence-electron chi connectivity index (χ0n) is 22.3. The van der Waals surface area contributed by atoms with Gasteiger partial charge in [-0.05, 0) is 61.2 Å². The van der Waals surface area contributed by atoms with E-state index in [0.29, 0.717) is 5.92 Å². The van der Waals surface area contributed by atoms with Crippen molar-refractivity contribution in [1.82, 2.24) is 25.1 Å². The number of thiophene rings is 1. The number of anilines is 1. The number of hydrogen-bond acceptors (Lipinski definition) is 5. The molecule has 3 N–H and O–H groups in total. The molecular weight excluding hydrogens is 500 g/mol. The number of benzene rings is 1. The average molecular weight is 531 g/mol. The molecular formula is C32H30N6S. The fourth-order valence-corrected chi connectivity index (χ4v) is 5.86. The molecule has 0 saturated heterocycles. The van der Waals surface area contributed by atoms with Crippen LogP contribution in [0.3, 0.4) is 0 Å². The lowest BCUT2D eigenvalue weighted by atomic mass is 10.1. The van der Waals surface area contributed by atoms with E-state index in [1.165, 1.54) is 15.3 Å². The second-order valence-corrected chi connectivity index (χ2v) is 11.5. The van der Waals surface area contributed by atoms with E-state index in [0.717, 1.165) is 67.8 Å². The van der Waals surface area contributed by atoms with Crippen molar-refractivity contribution >= 4 is 44.4 Å². The van der Waals surface area contributed by atoms with Crippen molar-refractivity contribution in [3.63, 3.8) is 0 Å². The van der Waals surface area contributed by atoms with Crippen LogP contribution in [0.5, 0.6) is 0 Å². The molecule has 0 fully saturated rings. The van der Waals surface area contributed by atoms with E-state index in [9.17, 15) is 0 Å². The maximum Gasteiger partial charge on any atom is 0.116 e. The lowest BCUT2D eigenvalue weighted by Gasteiger charge is -2.12. The molecule has 0 bridgehead atoms. The highest BCUT2D eigenvalue weighted by molar-refractivity contribution is 7.16. The number of hydrogen-bond donors (Lipinski definition) is 3. The zero-order valence-corrected chi connectivity index (χ0v) is 23.1. The Morgan fingerprint density at radius 2 is 1.87 bits per heavy atom. The Morgan fingerprint density at radius 1 is 1.00 bits per heavy atom. The molecule has 7 heteroatoms. The van der Waals surface area contributed by atoms with Crippen LogP contribution in [0.25, 0.3) is 60.5 Å². The Balaban J connectivity index is 1.37. The van der Waals surface area contributed by atoms with Crippen molar-refractivity contribution in [3.8, 4) is 33.1 Å². The van der Waals surface area contributed by atoms with Crippen LogP contribution in [-0.4, -0.2) is 25.1 Å². The second-order valence-electron chi connectivity index (χ2n) is 10.4. The lowest BCUT2D eigenvalue weighted by molar-refractivity contribution is 0.645. The molecule has 0 aliphatic heterocycles. The number of aromatic nitrogens is 5. The van der Waals surface area contributed by atoms with E-state index >= 15 is 0 Å². The monoisotopic (exact) mass is 530 g/mol. The first-order valence-electron chi connectivity index (χ1n) is 13.0. The fraction of sp³-hybridized carbons (Fsp3) is 0.156. The minimum absolute atomic E-state index is 0.532. The van der Waals surface area contributed by atoms with E-state index in [-0.39, 0.29) is 0 Å². The Labute approximate surface area is 231 Å². The van der Waals surface area contributed by atoms with Gasteiger partial charge in [0.2, 0.25) is 0 Å². The van der Waals surface area contributed by atoms with Crippen LogP contribution < -0.4 is 5.32 Å². The maximum absolute atomic E-state index is 4.69. The van der Waals surface area contributed by atoms with E-state index in [1.54, 1.807) is 11.3 Å².